The third-order valence-electron chi connectivity index (χ3n) is 0.307. The zero-order chi connectivity index (χ0) is 11.1. The normalized spacial score (nSPS) is 8.57. The van der Waals surface area contributed by atoms with Gasteiger partial charge in [0.25, 0.3) is 0 Å². The first-order valence-electron chi connectivity index (χ1n) is 2.07. The third kappa shape index (κ3) is 22.5. The Morgan fingerprint density at radius 2 is 1.21 bits per heavy atom. The molecule has 0 spiro atoms. The van der Waals surface area contributed by atoms with Gasteiger partial charge in [-0.05, 0) is 0 Å². The zero-order valence-electron chi connectivity index (χ0n) is 7.51. The first-order valence-corrected chi connectivity index (χ1v) is 3.47. The number of halogens is 2. The first kappa shape index (κ1) is 18.9. The van der Waals surface area contributed by atoms with Gasteiger partial charge in [0.1, 0.15) is 0 Å². The van der Waals surface area contributed by atoms with Crippen molar-refractivity contribution in [2.24, 2.45) is 0 Å². The van der Waals surface area contributed by atoms with Crippen molar-refractivity contribution in [3.8, 4) is 0 Å². The van der Waals surface area contributed by atoms with Crippen molar-refractivity contribution in [1.29, 1.82) is 0 Å². The van der Waals surface area contributed by atoms with E-state index < -0.39 is 22.3 Å². The summed E-state index contributed by atoms with van der Waals surface area (Å²) in [5.41, 5.74) is 0. The van der Waals surface area contributed by atoms with Crippen LogP contribution in [0.2, 0.25) is 0 Å². The Morgan fingerprint density at radius 1 is 1.07 bits per heavy atom. The molecule has 0 saturated heterocycles. The van der Waals surface area contributed by atoms with Gasteiger partial charge < -0.3 is 1.43 Å². The summed E-state index contributed by atoms with van der Waals surface area (Å²) >= 11 is 0. The van der Waals surface area contributed by atoms with E-state index in [1.54, 1.807) is 0 Å². The Kier molecular flexibility index (Phi) is 12.0. The van der Waals surface area contributed by atoms with Gasteiger partial charge in [-0.2, -0.15) is 8.42 Å². The van der Waals surface area contributed by atoms with Gasteiger partial charge in [0, 0.05) is 9.05 Å². The summed E-state index contributed by atoms with van der Waals surface area (Å²) in [5.74, 6) is -4.04. The van der Waals surface area contributed by atoms with Crippen molar-refractivity contribution in [2.75, 3.05) is 0 Å². The molecule has 2 N–H and O–H groups in total. The van der Waals surface area contributed by atoms with E-state index in [0.717, 1.165) is 0 Å². The molecular weight excluding hydrogens is 229 g/mol. The van der Waals surface area contributed by atoms with Crippen molar-refractivity contribution >= 4 is 22.3 Å². The second-order valence-electron chi connectivity index (χ2n) is 1.18. The van der Waals surface area contributed by atoms with E-state index in [9.17, 15) is 18.6 Å². The number of hydrogen-bond acceptors (Lipinski definition) is 6. The van der Waals surface area contributed by atoms with Crippen LogP contribution in [0.1, 0.15) is 1.43 Å². The van der Waals surface area contributed by atoms with E-state index in [1.807, 2.05) is 0 Å². The van der Waals surface area contributed by atoms with Gasteiger partial charge in [-0.3, -0.25) is 9.11 Å². The zero-order valence-corrected chi connectivity index (χ0v) is 7.32. The van der Waals surface area contributed by atoms with Crippen LogP contribution in [-0.2, 0) is 29.9 Å². The average Bonchev–Trinajstić information content (AvgIpc) is 1.98. The Balaban J connectivity index is -0.0000000770. The molecule has 0 aliphatic carbocycles. The summed E-state index contributed by atoms with van der Waals surface area (Å²) in [6.45, 7) is 0. The van der Waals surface area contributed by atoms with Gasteiger partial charge in [0.2, 0.25) is 0 Å². The van der Waals surface area contributed by atoms with Crippen LogP contribution in [-0.4, -0.2) is 29.5 Å². The fraction of sp³-hybridized carbons (Fsp3) is 0. The Bertz CT molecular complexity index is 256. The van der Waals surface area contributed by atoms with Gasteiger partial charge in [-0.1, -0.05) is 0 Å². The molecule has 0 fully saturated rings. The second-order valence-corrected chi connectivity index (χ2v) is 2.07. The number of carbonyl (C=O) groups is 2. The molecule has 80 valence electrons. The molecule has 0 aromatic rings. The Labute approximate surface area is 89.2 Å². The molecule has 0 rings (SSSR count). The summed E-state index contributed by atoms with van der Waals surface area (Å²) in [6, 6.07) is 0. The van der Waals surface area contributed by atoms with Crippen LogP contribution in [0.3, 0.4) is 0 Å². The van der Waals surface area contributed by atoms with E-state index in [2.05, 4.69) is 9.88 Å². The molecule has 0 unspecified atom stereocenters. The maximum absolute atomic E-state index is 10.5. The van der Waals surface area contributed by atoms with Crippen molar-refractivity contribution in [2.45, 2.75) is 0 Å². The predicted molar refractivity (Wildman–Crippen MR) is 29.7 cm³/mol. The van der Waals surface area contributed by atoms with Crippen molar-refractivity contribution in [3.63, 3.8) is 0 Å². The fourth-order valence-electron chi connectivity index (χ4n) is 0.0630. The molecule has 0 bridgehead atoms. The van der Waals surface area contributed by atoms with Crippen LogP contribution in [0, 0.1) is 0 Å². The molecular formula is C2H3F2LiO8S. The van der Waals surface area contributed by atoms with Crippen LogP contribution in [0.25, 0.3) is 0 Å². The van der Waals surface area contributed by atoms with Crippen molar-refractivity contribution in [3.05, 3.63) is 0 Å². The van der Waals surface area contributed by atoms with Crippen LogP contribution in [0.5, 0.6) is 0 Å². The first-order chi connectivity index (χ1) is 5.72. The van der Waals surface area contributed by atoms with E-state index in [-0.39, 0.29) is 20.3 Å². The molecule has 12 heteroatoms. The van der Waals surface area contributed by atoms with Crippen LogP contribution in [0.15, 0.2) is 0 Å². The molecule has 0 saturated carbocycles. The minimum absolute atomic E-state index is 0. The van der Waals surface area contributed by atoms with Gasteiger partial charge >= 0.3 is 41.2 Å². The van der Waals surface area contributed by atoms with Crippen LogP contribution >= 0.6 is 0 Å². The molecule has 14 heavy (non-hydrogen) atoms. The maximum atomic E-state index is 10.5. The Hall–Kier alpha value is -0.733. The SMILES string of the molecule is O=C(OF)C(=O)OF.O=S(=O)(O)O.[H-].[Li+]. The monoisotopic (exact) mass is 232 g/mol. The molecule has 0 radical (unpaired) electrons. The van der Waals surface area contributed by atoms with E-state index in [0.29, 0.717) is 0 Å². The fourth-order valence-corrected chi connectivity index (χ4v) is 0.0630. The van der Waals surface area contributed by atoms with E-state index in [4.69, 9.17) is 17.5 Å². The predicted octanol–water partition coefficient (Wildman–Crippen LogP) is -3.69. The van der Waals surface area contributed by atoms with Crippen molar-refractivity contribution in [1.82, 2.24) is 0 Å². The molecule has 0 atom stereocenters. The number of carbonyl (C=O) groups excluding carboxylic acids is 2. The van der Waals surface area contributed by atoms with E-state index >= 15 is 0 Å². The second kappa shape index (κ2) is 8.85. The van der Waals surface area contributed by atoms with Crippen molar-refractivity contribution < 1.29 is 66.3 Å². The summed E-state index contributed by atoms with van der Waals surface area (Å²) in [7, 11) is -4.67. The molecule has 0 amide bonds. The van der Waals surface area contributed by atoms with Gasteiger partial charge in [0.05, 0.1) is 0 Å². The topological polar surface area (TPSA) is 127 Å². The quantitative estimate of drug-likeness (QED) is 0.248. The number of hydrogen-bond donors (Lipinski definition) is 2. The summed E-state index contributed by atoms with van der Waals surface area (Å²) < 4.78 is 52.6. The van der Waals surface area contributed by atoms with E-state index in [1.165, 1.54) is 0 Å². The molecule has 0 aromatic heterocycles. The Morgan fingerprint density at radius 3 is 1.29 bits per heavy atom. The van der Waals surface area contributed by atoms with Gasteiger partial charge in [0.15, 0.2) is 0 Å². The standard InChI is InChI=1S/C2F2O4.Li.H2O4S.H/c3-7-1(5)2(6)8-4;;1-5(2,3)4;/h;;(H2,1,2,3,4);/q;+1;;-1. The summed E-state index contributed by atoms with van der Waals surface area (Å²) in [6.07, 6.45) is 0. The summed E-state index contributed by atoms with van der Waals surface area (Å²) in [5, 5.41) is 0. The number of rotatable bonds is 0. The minimum atomic E-state index is -4.67. The largest absolute Gasteiger partial charge is 1.00 e. The van der Waals surface area contributed by atoms with Gasteiger partial charge in [-0.15, -0.1) is 0 Å². The molecule has 0 aliphatic heterocycles. The molecule has 8 nitrogen and oxygen atoms in total. The molecule has 0 heterocycles. The third-order valence-corrected chi connectivity index (χ3v) is 0.307. The maximum Gasteiger partial charge on any atom is 1.00 e. The van der Waals surface area contributed by atoms with Crippen LogP contribution in [0.4, 0.5) is 9.05 Å². The molecule has 0 aliphatic rings. The van der Waals surface area contributed by atoms with Crippen LogP contribution < -0.4 is 18.9 Å². The minimum Gasteiger partial charge on any atom is -1.00 e. The van der Waals surface area contributed by atoms with Gasteiger partial charge in [-0.25, -0.2) is 19.5 Å². The smallest absolute Gasteiger partial charge is 1.00 e. The summed E-state index contributed by atoms with van der Waals surface area (Å²) in [4.78, 5) is 23.4. The molecule has 0 aromatic carbocycles. The average molecular weight is 232 g/mol.